The van der Waals surface area contributed by atoms with Gasteiger partial charge in [-0.15, -0.1) is 11.3 Å². The molecule has 0 bridgehead atoms. The van der Waals surface area contributed by atoms with Crippen molar-refractivity contribution in [2.45, 2.75) is 44.4 Å². The van der Waals surface area contributed by atoms with Gasteiger partial charge in [-0.1, -0.05) is 12.8 Å². The number of carbonyl (C=O) groups is 1. The first-order valence-corrected chi connectivity index (χ1v) is 9.10. The van der Waals surface area contributed by atoms with Gasteiger partial charge < -0.3 is 9.64 Å². The predicted octanol–water partition coefficient (Wildman–Crippen LogP) is 0.660. The summed E-state index contributed by atoms with van der Waals surface area (Å²) in [5.74, 6) is -0.0875. The summed E-state index contributed by atoms with van der Waals surface area (Å²) in [6.45, 7) is 1.06. The van der Waals surface area contributed by atoms with Gasteiger partial charge in [-0.05, 0) is 40.8 Å². The fraction of sp³-hybridized carbons (Fsp3) is 0.600. The fourth-order valence-electron chi connectivity index (χ4n) is 3.53. The number of tetrazole rings is 1. The lowest BCUT2D eigenvalue weighted by Gasteiger charge is -2.43. The second kappa shape index (κ2) is 6.48. The van der Waals surface area contributed by atoms with Crippen LogP contribution in [0.5, 0.6) is 0 Å². The van der Waals surface area contributed by atoms with Crippen LogP contribution in [0.3, 0.4) is 0 Å². The minimum atomic E-state index is -0.390. The molecule has 4 rings (SSSR count). The van der Waals surface area contributed by atoms with Gasteiger partial charge in [-0.2, -0.15) is 9.36 Å². The first kappa shape index (κ1) is 15.5. The molecule has 0 aromatic carbocycles. The molecule has 9 heteroatoms. The third-order valence-corrected chi connectivity index (χ3v) is 5.54. The van der Waals surface area contributed by atoms with E-state index in [2.05, 4.69) is 10.4 Å². The van der Waals surface area contributed by atoms with Crippen molar-refractivity contribution in [1.82, 2.24) is 24.7 Å². The number of morpholine rings is 1. The summed E-state index contributed by atoms with van der Waals surface area (Å²) in [6, 6.07) is 3.76. The summed E-state index contributed by atoms with van der Waals surface area (Å²) in [7, 11) is 0. The minimum absolute atomic E-state index is 0.0760. The van der Waals surface area contributed by atoms with E-state index in [0.29, 0.717) is 18.2 Å². The van der Waals surface area contributed by atoms with Crippen molar-refractivity contribution in [2.24, 2.45) is 0 Å². The van der Waals surface area contributed by atoms with Crippen molar-refractivity contribution in [2.75, 3.05) is 13.2 Å². The molecule has 1 aliphatic heterocycles. The van der Waals surface area contributed by atoms with Crippen LogP contribution in [0.15, 0.2) is 22.3 Å². The highest BCUT2D eigenvalue weighted by Gasteiger charge is 2.36. The van der Waals surface area contributed by atoms with Crippen molar-refractivity contribution >= 4 is 17.2 Å². The Labute approximate surface area is 142 Å². The third-order valence-electron chi connectivity index (χ3n) is 4.69. The monoisotopic (exact) mass is 349 g/mol. The van der Waals surface area contributed by atoms with Crippen molar-refractivity contribution in [3.63, 3.8) is 0 Å². The lowest BCUT2D eigenvalue weighted by Crippen LogP contribution is -2.55. The van der Waals surface area contributed by atoms with Crippen LogP contribution in [0.2, 0.25) is 0 Å². The molecule has 1 amide bonds. The number of amides is 1. The largest absolute Gasteiger partial charge is 0.374 e. The molecule has 128 valence electrons. The van der Waals surface area contributed by atoms with E-state index < -0.39 is 0 Å². The first-order valence-electron chi connectivity index (χ1n) is 8.22. The van der Waals surface area contributed by atoms with E-state index in [1.165, 1.54) is 16.0 Å². The van der Waals surface area contributed by atoms with Gasteiger partial charge >= 0.3 is 5.69 Å². The third kappa shape index (κ3) is 2.78. The van der Waals surface area contributed by atoms with Gasteiger partial charge in [0.15, 0.2) is 0 Å². The summed E-state index contributed by atoms with van der Waals surface area (Å²) >= 11 is 1.40. The molecule has 1 saturated heterocycles. The average Bonchev–Trinajstić information content (AvgIpc) is 3.25. The van der Waals surface area contributed by atoms with E-state index >= 15 is 0 Å². The molecule has 2 unspecified atom stereocenters. The van der Waals surface area contributed by atoms with Gasteiger partial charge in [-0.25, -0.2) is 4.79 Å². The maximum Gasteiger partial charge on any atom is 0.369 e. The van der Waals surface area contributed by atoms with Crippen molar-refractivity contribution in [3.05, 3.63) is 28.0 Å². The molecule has 1 aliphatic carbocycles. The summed E-state index contributed by atoms with van der Waals surface area (Å²) in [4.78, 5) is 27.0. The normalized spacial score (nSPS) is 23.9. The molecule has 2 fully saturated rings. The lowest BCUT2D eigenvalue weighted by atomic mass is 9.90. The number of fused-ring (bicyclic) bond motifs is 1. The van der Waals surface area contributed by atoms with Gasteiger partial charge in [0.2, 0.25) is 5.91 Å². The second-order valence-electron chi connectivity index (χ2n) is 6.13. The summed E-state index contributed by atoms with van der Waals surface area (Å²) < 4.78 is 8.15. The Morgan fingerprint density at radius 1 is 1.33 bits per heavy atom. The van der Waals surface area contributed by atoms with Gasteiger partial charge in [0, 0.05) is 6.54 Å². The van der Waals surface area contributed by atoms with Crippen LogP contribution in [0, 0.1) is 0 Å². The number of thiophene rings is 1. The van der Waals surface area contributed by atoms with E-state index in [0.717, 1.165) is 30.4 Å². The smallest absolute Gasteiger partial charge is 0.369 e. The van der Waals surface area contributed by atoms with Crippen LogP contribution in [0.1, 0.15) is 25.7 Å². The fourth-order valence-corrected chi connectivity index (χ4v) is 4.20. The Balaban J connectivity index is 1.51. The molecule has 8 nitrogen and oxygen atoms in total. The molecule has 0 N–H and O–H groups in total. The Morgan fingerprint density at radius 2 is 2.21 bits per heavy atom. The van der Waals surface area contributed by atoms with Gasteiger partial charge in [-0.3, -0.25) is 4.79 Å². The minimum Gasteiger partial charge on any atom is -0.374 e. The summed E-state index contributed by atoms with van der Waals surface area (Å²) in [5.41, 5.74) is -0.390. The number of aromatic nitrogens is 4. The quantitative estimate of drug-likeness (QED) is 0.813. The van der Waals surface area contributed by atoms with Crippen molar-refractivity contribution in [3.8, 4) is 5.00 Å². The van der Waals surface area contributed by atoms with Crippen LogP contribution >= 0.6 is 11.3 Å². The number of carbonyl (C=O) groups excluding carboxylic acids is 1. The molecule has 2 aromatic rings. The molecule has 2 aliphatic rings. The molecular formula is C15H19N5O3S. The van der Waals surface area contributed by atoms with E-state index in [-0.39, 0.29) is 30.3 Å². The topological polar surface area (TPSA) is 82.2 Å². The number of rotatable bonds is 3. The van der Waals surface area contributed by atoms with Crippen LogP contribution in [0.25, 0.3) is 5.00 Å². The van der Waals surface area contributed by atoms with Crippen LogP contribution < -0.4 is 5.69 Å². The zero-order valence-corrected chi connectivity index (χ0v) is 14.0. The molecule has 3 heterocycles. The number of nitrogens with zero attached hydrogens (tertiary/aromatic N) is 5. The average molecular weight is 349 g/mol. The molecule has 2 aromatic heterocycles. The molecular weight excluding hydrogens is 330 g/mol. The molecule has 1 saturated carbocycles. The predicted molar refractivity (Wildman–Crippen MR) is 87.2 cm³/mol. The van der Waals surface area contributed by atoms with Crippen LogP contribution in [-0.2, 0) is 16.1 Å². The molecule has 0 radical (unpaired) electrons. The van der Waals surface area contributed by atoms with Crippen molar-refractivity contribution < 1.29 is 9.53 Å². The molecule has 2 atom stereocenters. The van der Waals surface area contributed by atoms with Crippen LogP contribution in [0.4, 0.5) is 0 Å². The van der Waals surface area contributed by atoms with E-state index in [9.17, 15) is 9.59 Å². The number of hydrogen-bond acceptors (Lipinski definition) is 6. The summed E-state index contributed by atoms with van der Waals surface area (Å²) in [6.07, 6.45) is 4.37. The van der Waals surface area contributed by atoms with Crippen molar-refractivity contribution in [1.29, 1.82) is 0 Å². The van der Waals surface area contributed by atoms with Gasteiger partial charge in [0.1, 0.15) is 11.5 Å². The number of ether oxygens (including phenoxy) is 1. The second-order valence-corrected chi connectivity index (χ2v) is 7.06. The lowest BCUT2D eigenvalue weighted by molar-refractivity contribution is -0.150. The van der Waals surface area contributed by atoms with E-state index in [4.69, 9.17) is 4.74 Å². The Morgan fingerprint density at radius 3 is 3.04 bits per heavy atom. The standard InChI is InChI=1S/C15H19N5O3S/c21-13(18-7-8-23-12-5-2-1-4-11(12)18)10-19-15(22)20(17-16-19)14-6-3-9-24-14/h3,6,9,11-12H,1-2,4-5,7-8,10H2. The van der Waals surface area contributed by atoms with Crippen LogP contribution in [-0.4, -0.2) is 55.9 Å². The Hall–Kier alpha value is -2.00. The SMILES string of the molecule is O=C(Cn1nnn(-c2cccs2)c1=O)N1CCOC2CCCCC21. The highest BCUT2D eigenvalue weighted by Crippen LogP contribution is 2.28. The Bertz CT molecular complexity index is 766. The van der Waals surface area contributed by atoms with E-state index in [1.807, 2.05) is 16.3 Å². The van der Waals surface area contributed by atoms with E-state index in [1.54, 1.807) is 6.07 Å². The summed E-state index contributed by atoms with van der Waals surface area (Å²) in [5, 5.41) is 10.3. The highest BCUT2D eigenvalue weighted by atomic mass is 32.1. The molecule has 24 heavy (non-hydrogen) atoms. The first-order chi connectivity index (χ1) is 11.7. The zero-order chi connectivity index (χ0) is 16.5. The zero-order valence-electron chi connectivity index (χ0n) is 13.2. The maximum absolute atomic E-state index is 12.7. The van der Waals surface area contributed by atoms with Gasteiger partial charge in [0.05, 0.1) is 18.8 Å². The highest BCUT2D eigenvalue weighted by molar-refractivity contribution is 7.12. The maximum atomic E-state index is 12.7. The van der Waals surface area contributed by atoms with Gasteiger partial charge in [0.25, 0.3) is 0 Å². The molecule has 0 spiro atoms. The number of hydrogen-bond donors (Lipinski definition) is 0. The Kier molecular flexibility index (Phi) is 4.19.